The van der Waals surface area contributed by atoms with Gasteiger partial charge in [0, 0.05) is 6.61 Å². The molecule has 0 atom stereocenters. The van der Waals surface area contributed by atoms with Gasteiger partial charge in [0.05, 0.1) is 11.2 Å². The lowest BCUT2D eigenvalue weighted by molar-refractivity contribution is -0.147. The van der Waals surface area contributed by atoms with Crippen LogP contribution in [0, 0.1) is 0 Å². The molecule has 3 nitrogen and oxygen atoms in total. The third-order valence-corrected chi connectivity index (χ3v) is 2.68. The first-order valence-corrected chi connectivity index (χ1v) is 5.43. The van der Waals surface area contributed by atoms with Crippen LogP contribution in [0.25, 0.3) is 0 Å². The van der Waals surface area contributed by atoms with Crippen LogP contribution in [0.2, 0.25) is 0 Å². The van der Waals surface area contributed by atoms with Crippen LogP contribution in [0.5, 0.6) is 0 Å². The van der Waals surface area contributed by atoms with Gasteiger partial charge in [0.15, 0.2) is 0 Å². The van der Waals surface area contributed by atoms with Gasteiger partial charge in [-0.05, 0) is 34.1 Å². The average Bonchev–Trinajstić information content (AvgIpc) is 2.14. The number of ether oxygens (including phenoxy) is 1. The molecular formula is C11H25BO3. The molecule has 0 aliphatic carbocycles. The molecule has 4 heteroatoms. The van der Waals surface area contributed by atoms with E-state index in [-0.39, 0.29) is 0 Å². The second-order valence-corrected chi connectivity index (χ2v) is 4.62. The Bertz CT molecular complexity index is 141. The molecule has 0 heterocycles. The van der Waals surface area contributed by atoms with E-state index in [0.717, 1.165) is 13.0 Å². The Morgan fingerprint density at radius 1 is 1.07 bits per heavy atom. The van der Waals surface area contributed by atoms with E-state index >= 15 is 0 Å². The summed E-state index contributed by atoms with van der Waals surface area (Å²) in [4.78, 5) is 0. The standard InChI is InChI=1S/C11H24O2.BHO/c1-6-7-8-9-13-11(4,5)10(2,3)12;1-2/h12H,6-9H2,1-5H3;2H. The molecule has 0 aliphatic heterocycles. The summed E-state index contributed by atoms with van der Waals surface area (Å²) >= 11 is 0. The van der Waals surface area contributed by atoms with Crippen molar-refractivity contribution in [3.8, 4) is 0 Å². The summed E-state index contributed by atoms with van der Waals surface area (Å²) in [5.74, 6) is 0. The van der Waals surface area contributed by atoms with Gasteiger partial charge < -0.3 is 14.9 Å². The maximum Gasteiger partial charge on any atom is 0.277 e. The highest BCUT2D eigenvalue weighted by Crippen LogP contribution is 2.25. The molecule has 0 saturated heterocycles. The zero-order valence-electron chi connectivity index (χ0n) is 10.7. The lowest BCUT2D eigenvalue weighted by Crippen LogP contribution is -2.47. The smallest absolute Gasteiger partial charge is 0.277 e. The van der Waals surface area contributed by atoms with Crippen molar-refractivity contribution in [3.63, 3.8) is 0 Å². The van der Waals surface area contributed by atoms with Gasteiger partial charge in [0.25, 0.3) is 8.05 Å². The lowest BCUT2D eigenvalue weighted by Gasteiger charge is -2.37. The van der Waals surface area contributed by atoms with Crippen molar-refractivity contribution in [1.82, 2.24) is 0 Å². The highest BCUT2D eigenvalue weighted by atomic mass is 16.5. The second kappa shape index (κ2) is 8.14. The van der Waals surface area contributed by atoms with Gasteiger partial charge in [-0.2, -0.15) is 0 Å². The maximum absolute atomic E-state index is 9.78. The van der Waals surface area contributed by atoms with Gasteiger partial charge in [-0.25, -0.2) is 0 Å². The first-order chi connectivity index (χ1) is 6.81. The Morgan fingerprint density at radius 2 is 1.53 bits per heavy atom. The van der Waals surface area contributed by atoms with Crippen LogP contribution in [0.3, 0.4) is 0 Å². The highest BCUT2D eigenvalue weighted by Gasteiger charge is 2.35. The largest absolute Gasteiger partial charge is 0.461 e. The summed E-state index contributed by atoms with van der Waals surface area (Å²) in [5.41, 5.74) is -1.24. The molecule has 2 N–H and O–H groups in total. The van der Waals surface area contributed by atoms with Crippen LogP contribution in [-0.2, 0) is 4.74 Å². The minimum atomic E-state index is -0.779. The topological polar surface area (TPSA) is 49.7 Å². The molecule has 2 radical (unpaired) electrons. The van der Waals surface area contributed by atoms with E-state index in [2.05, 4.69) is 15.0 Å². The predicted molar refractivity (Wildman–Crippen MR) is 63.8 cm³/mol. The molecular weight excluding hydrogens is 191 g/mol. The number of hydrogen-bond donors (Lipinski definition) is 2. The van der Waals surface area contributed by atoms with Gasteiger partial charge in [-0.15, -0.1) is 0 Å². The third-order valence-electron chi connectivity index (χ3n) is 2.68. The molecule has 15 heavy (non-hydrogen) atoms. The number of aliphatic hydroxyl groups is 1. The third kappa shape index (κ3) is 7.83. The van der Waals surface area contributed by atoms with E-state index in [9.17, 15) is 5.11 Å². The van der Waals surface area contributed by atoms with Crippen molar-refractivity contribution < 1.29 is 14.9 Å². The number of unbranched alkanes of at least 4 members (excludes halogenated alkanes) is 2. The summed E-state index contributed by atoms with van der Waals surface area (Å²) < 4.78 is 5.65. The fraction of sp³-hybridized carbons (Fsp3) is 1.00. The molecule has 0 aromatic rings. The van der Waals surface area contributed by atoms with Crippen molar-refractivity contribution >= 4 is 8.05 Å². The monoisotopic (exact) mass is 216 g/mol. The Labute approximate surface area is 95.3 Å². The van der Waals surface area contributed by atoms with Crippen LogP contribution in [0.1, 0.15) is 53.9 Å². The Kier molecular flexibility index (Phi) is 9.41. The zero-order chi connectivity index (χ0) is 12.5. The molecule has 90 valence electrons. The van der Waals surface area contributed by atoms with Gasteiger partial charge in [0.1, 0.15) is 0 Å². The van der Waals surface area contributed by atoms with E-state index in [4.69, 9.17) is 9.76 Å². The fourth-order valence-electron chi connectivity index (χ4n) is 0.856. The molecule has 0 fully saturated rings. The van der Waals surface area contributed by atoms with Crippen LogP contribution < -0.4 is 0 Å². The summed E-state index contributed by atoms with van der Waals surface area (Å²) in [5, 5.41) is 16.3. The minimum absolute atomic E-state index is 0.458. The average molecular weight is 216 g/mol. The SMILES string of the molecule is CCCCCOC(C)(C)C(C)(C)O.[B]O. The molecule has 0 unspecified atom stereocenters. The van der Waals surface area contributed by atoms with Crippen molar-refractivity contribution in [2.75, 3.05) is 6.61 Å². The van der Waals surface area contributed by atoms with Crippen LogP contribution in [0.4, 0.5) is 0 Å². The molecule has 0 aromatic heterocycles. The molecule has 0 rings (SSSR count). The lowest BCUT2D eigenvalue weighted by atomic mass is 9.89. The van der Waals surface area contributed by atoms with Gasteiger partial charge in [-0.1, -0.05) is 19.8 Å². The van der Waals surface area contributed by atoms with Crippen LogP contribution in [0.15, 0.2) is 0 Å². The fourth-order valence-corrected chi connectivity index (χ4v) is 0.856. The van der Waals surface area contributed by atoms with Gasteiger partial charge in [-0.3, -0.25) is 0 Å². The summed E-state index contributed by atoms with van der Waals surface area (Å²) in [7, 11) is 3.50. The van der Waals surface area contributed by atoms with E-state index in [1.165, 1.54) is 12.8 Å². The van der Waals surface area contributed by atoms with Crippen LogP contribution >= 0.6 is 0 Å². The predicted octanol–water partition coefficient (Wildman–Crippen LogP) is 1.80. The van der Waals surface area contributed by atoms with E-state index in [1.807, 2.05) is 13.8 Å². The number of rotatable bonds is 6. The van der Waals surface area contributed by atoms with Crippen molar-refractivity contribution in [2.24, 2.45) is 0 Å². The van der Waals surface area contributed by atoms with Crippen LogP contribution in [-0.4, -0.2) is 36.0 Å². The quantitative estimate of drug-likeness (QED) is 0.525. The van der Waals surface area contributed by atoms with Crippen molar-refractivity contribution in [2.45, 2.75) is 65.1 Å². The summed E-state index contributed by atoms with van der Waals surface area (Å²) in [6, 6.07) is 0. The van der Waals surface area contributed by atoms with Crippen molar-refractivity contribution in [3.05, 3.63) is 0 Å². The highest BCUT2D eigenvalue weighted by molar-refractivity contribution is 5.95. The van der Waals surface area contributed by atoms with E-state index in [1.54, 1.807) is 13.8 Å². The minimum Gasteiger partial charge on any atom is -0.461 e. The summed E-state index contributed by atoms with van der Waals surface area (Å²) in [6.07, 6.45) is 3.48. The van der Waals surface area contributed by atoms with E-state index in [0.29, 0.717) is 0 Å². The first kappa shape index (κ1) is 17.3. The van der Waals surface area contributed by atoms with Gasteiger partial charge in [0.2, 0.25) is 0 Å². The Morgan fingerprint density at radius 3 is 1.87 bits per heavy atom. The normalized spacial score (nSPS) is 11.9. The maximum atomic E-state index is 9.78. The van der Waals surface area contributed by atoms with Gasteiger partial charge >= 0.3 is 0 Å². The second-order valence-electron chi connectivity index (χ2n) is 4.62. The molecule has 0 spiro atoms. The summed E-state index contributed by atoms with van der Waals surface area (Å²) in [6.45, 7) is 10.3. The molecule has 0 aliphatic rings. The molecule has 0 aromatic carbocycles. The first-order valence-electron chi connectivity index (χ1n) is 5.43. The zero-order valence-corrected chi connectivity index (χ0v) is 10.7. The molecule has 0 bridgehead atoms. The Hall–Kier alpha value is -0.0551. The molecule has 0 amide bonds. The molecule has 0 saturated carbocycles. The Balaban J connectivity index is 0. The number of hydrogen-bond acceptors (Lipinski definition) is 3. The van der Waals surface area contributed by atoms with E-state index < -0.39 is 11.2 Å². The van der Waals surface area contributed by atoms with Crippen molar-refractivity contribution in [1.29, 1.82) is 0 Å².